The van der Waals surface area contributed by atoms with E-state index in [1.54, 1.807) is 12.1 Å². The van der Waals surface area contributed by atoms with Crippen molar-refractivity contribution in [1.29, 1.82) is 0 Å². The number of rotatable bonds is 1. The first kappa shape index (κ1) is 12.8. The molecule has 0 nitrogen and oxygen atoms in total. The predicted molar refractivity (Wildman–Crippen MR) is 50.0 cm³/mol. The van der Waals surface area contributed by atoms with E-state index in [4.69, 9.17) is 0 Å². The Kier molecular flexibility index (Phi) is 9.31. The summed E-state index contributed by atoms with van der Waals surface area (Å²) in [5.74, 6) is 0. The Morgan fingerprint density at radius 2 is 1.50 bits per heavy atom. The summed E-state index contributed by atoms with van der Waals surface area (Å²) in [4.78, 5) is 0. The summed E-state index contributed by atoms with van der Waals surface area (Å²) in [6.07, 6.45) is 0. The van der Waals surface area contributed by atoms with E-state index in [9.17, 15) is 4.20 Å². The third-order valence-electron chi connectivity index (χ3n) is 0.883. The molecule has 0 bridgehead atoms. The molecule has 0 aromatic heterocycles. The van der Waals surface area contributed by atoms with E-state index in [-0.39, 0.29) is 24.8 Å². The van der Waals surface area contributed by atoms with Crippen LogP contribution in [0.4, 0.5) is 4.20 Å². The van der Waals surface area contributed by atoms with Crippen molar-refractivity contribution in [2.75, 3.05) is 0 Å². The van der Waals surface area contributed by atoms with Crippen molar-refractivity contribution in [2.45, 2.75) is 0 Å². The van der Waals surface area contributed by atoms with Gasteiger partial charge < -0.3 is 0 Å². The van der Waals surface area contributed by atoms with Crippen molar-refractivity contribution in [2.24, 2.45) is 0 Å². The van der Waals surface area contributed by atoms with Crippen LogP contribution in [0, 0.1) is 0 Å². The van der Waals surface area contributed by atoms with Crippen LogP contribution in [0.2, 0.25) is 0 Å². The number of halogens is 3. The van der Waals surface area contributed by atoms with Crippen LogP contribution in [-0.2, 0) is 0 Å². The molecule has 1 aromatic rings. The lowest BCUT2D eigenvalue weighted by Gasteiger charge is -1.86. The smallest absolute Gasteiger partial charge is 0.0984 e. The Balaban J connectivity index is 0. The molecule has 58 valence electrons. The van der Waals surface area contributed by atoms with Crippen molar-refractivity contribution in [1.82, 2.24) is 0 Å². The van der Waals surface area contributed by atoms with Gasteiger partial charge in [0, 0.05) is 5.30 Å². The van der Waals surface area contributed by atoms with E-state index in [1.165, 1.54) is 0 Å². The van der Waals surface area contributed by atoms with E-state index in [0.29, 0.717) is 0 Å². The highest BCUT2D eigenvalue weighted by Crippen LogP contribution is 2.08. The monoisotopic (exact) mass is 200 g/mol. The average Bonchev–Trinajstić information content (AvgIpc) is 1.90. The molecule has 10 heavy (non-hydrogen) atoms. The van der Waals surface area contributed by atoms with Crippen molar-refractivity contribution >= 4 is 39.0 Å². The molecule has 0 N–H and O–H groups in total. The van der Waals surface area contributed by atoms with Crippen LogP contribution in [-0.4, -0.2) is 0 Å². The Hall–Kier alpha value is 0.160. The molecular formula is C6H8Cl2FP. The first-order valence-electron chi connectivity index (χ1n) is 2.35. The minimum Gasteiger partial charge on any atom is -0.225 e. The second kappa shape index (κ2) is 7.27. The maximum Gasteiger partial charge on any atom is 0.0984 e. The van der Waals surface area contributed by atoms with Crippen LogP contribution >= 0.6 is 33.7 Å². The summed E-state index contributed by atoms with van der Waals surface area (Å²) in [5, 5.41) is 0.771. The molecule has 0 amide bonds. The van der Waals surface area contributed by atoms with Crippen LogP contribution in [0.1, 0.15) is 0 Å². The second-order valence-electron chi connectivity index (χ2n) is 1.46. The molecule has 0 saturated heterocycles. The molecule has 0 saturated carbocycles. The number of benzene rings is 1. The molecule has 0 radical (unpaired) electrons. The largest absolute Gasteiger partial charge is 0.225 e. The van der Waals surface area contributed by atoms with Gasteiger partial charge >= 0.3 is 0 Å². The summed E-state index contributed by atoms with van der Waals surface area (Å²) in [7, 11) is -0.570. The Bertz CT molecular complexity index is 157. The van der Waals surface area contributed by atoms with Gasteiger partial charge in [0.15, 0.2) is 0 Å². The normalized spacial score (nSPS) is 8.50. The average molecular weight is 201 g/mol. The quantitative estimate of drug-likeness (QED) is 0.612. The molecule has 4 heteroatoms. The molecule has 1 aromatic carbocycles. The van der Waals surface area contributed by atoms with Crippen LogP contribution in [0.15, 0.2) is 30.3 Å². The molecule has 1 rings (SSSR count). The molecular weight excluding hydrogens is 193 g/mol. The second-order valence-corrected chi connectivity index (χ2v) is 2.23. The van der Waals surface area contributed by atoms with E-state index in [0.717, 1.165) is 5.30 Å². The Morgan fingerprint density at radius 3 is 1.80 bits per heavy atom. The van der Waals surface area contributed by atoms with E-state index < -0.39 is 8.89 Å². The van der Waals surface area contributed by atoms with Gasteiger partial charge in [-0.1, -0.05) is 30.3 Å². The fraction of sp³-hybridized carbons (Fsp3) is 0. The lowest BCUT2D eigenvalue weighted by Crippen LogP contribution is -1.86. The predicted octanol–water partition coefficient (Wildman–Crippen LogP) is 2.72. The number of hydrogen-bond donors (Lipinski definition) is 0. The van der Waals surface area contributed by atoms with E-state index in [1.807, 2.05) is 18.2 Å². The summed E-state index contributed by atoms with van der Waals surface area (Å²) in [6, 6.07) is 9.10. The minimum absolute atomic E-state index is 0. The standard InChI is InChI=1S/C6H6FP.2ClH/c7-8-6-4-2-1-3-5-6;;/h1-5,8H;2*1H. The van der Waals surface area contributed by atoms with Crippen molar-refractivity contribution in [3.05, 3.63) is 30.3 Å². The highest BCUT2D eigenvalue weighted by atomic mass is 35.5. The fourth-order valence-corrected chi connectivity index (χ4v) is 0.820. The van der Waals surface area contributed by atoms with E-state index in [2.05, 4.69) is 0 Å². The van der Waals surface area contributed by atoms with Crippen molar-refractivity contribution in [3.63, 3.8) is 0 Å². The zero-order valence-electron chi connectivity index (χ0n) is 5.08. The highest BCUT2D eigenvalue weighted by Gasteiger charge is 1.83. The van der Waals surface area contributed by atoms with Gasteiger partial charge in [-0.2, -0.15) is 0 Å². The molecule has 0 heterocycles. The van der Waals surface area contributed by atoms with E-state index >= 15 is 0 Å². The van der Waals surface area contributed by atoms with Crippen LogP contribution in [0.3, 0.4) is 0 Å². The Labute approximate surface area is 73.9 Å². The van der Waals surface area contributed by atoms with Crippen LogP contribution in [0.5, 0.6) is 0 Å². The van der Waals surface area contributed by atoms with Gasteiger partial charge in [-0.15, -0.1) is 24.8 Å². The van der Waals surface area contributed by atoms with Crippen LogP contribution in [0.25, 0.3) is 0 Å². The zero-order valence-corrected chi connectivity index (χ0v) is 7.71. The van der Waals surface area contributed by atoms with Gasteiger partial charge in [0.25, 0.3) is 0 Å². The molecule has 0 aliphatic heterocycles. The SMILES string of the molecule is Cl.Cl.FPc1ccccc1. The topological polar surface area (TPSA) is 0 Å². The highest BCUT2D eigenvalue weighted by molar-refractivity contribution is 7.41. The molecule has 1 atom stereocenters. The maximum absolute atomic E-state index is 11.8. The van der Waals surface area contributed by atoms with Gasteiger partial charge in [-0.05, 0) is 0 Å². The van der Waals surface area contributed by atoms with Gasteiger partial charge in [-0.25, -0.2) is 4.20 Å². The number of hydrogen-bond acceptors (Lipinski definition) is 0. The molecule has 1 unspecified atom stereocenters. The first-order chi connectivity index (χ1) is 3.93. The lowest BCUT2D eigenvalue weighted by atomic mass is 10.4. The van der Waals surface area contributed by atoms with Crippen molar-refractivity contribution < 1.29 is 4.20 Å². The lowest BCUT2D eigenvalue weighted by molar-refractivity contribution is 0.929. The maximum atomic E-state index is 11.8. The summed E-state index contributed by atoms with van der Waals surface area (Å²) in [6.45, 7) is 0. The van der Waals surface area contributed by atoms with Gasteiger partial charge in [0.2, 0.25) is 0 Å². The van der Waals surface area contributed by atoms with Gasteiger partial charge in [0.1, 0.15) is 0 Å². The zero-order chi connectivity index (χ0) is 5.82. The Morgan fingerprint density at radius 1 is 1.00 bits per heavy atom. The third-order valence-corrected chi connectivity index (χ3v) is 1.43. The van der Waals surface area contributed by atoms with Crippen LogP contribution < -0.4 is 5.30 Å². The summed E-state index contributed by atoms with van der Waals surface area (Å²) >= 11 is 0. The summed E-state index contributed by atoms with van der Waals surface area (Å²) < 4.78 is 11.8. The molecule has 0 spiro atoms. The molecule has 0 aliphatic carbocycles. The minimum atomic E-state index is -0.570. The van der Waals surface area contributed by atoms with Gasteiger partial charge in [-0.3, -0.25) is 0 Å². The molecule has 0 aliphatic rings. The fourth-order valence-electron chi connectivity index (χ4n) is 0.501. The summed E-state index contributed by atoms with van der Waals surface area (Å²) in [5.41, 5.74) is 0. The first-order valence-corrected chi connectivity index (χ1v) is 3.23. The third kappa shape index (κ3) is 4.05. The van der Waals surface area contributed by atoms with Crippen molar-refractivity contribution in [3.8, 4) is 0 Å². The molecule has 0 fully saturated rings. The van der Waals surface area contributed by atoms with Gasteiger partial charge in [0.05, 0.1) is 8.89 Å².